The molecule has 0 saturated carbocycles. The van der Waals surface area contributed by atoms with Gasteiger partial charge in [0.05, 0.1) is 18.5 Å². The summed E-state index contributed by atoms with van der Waals surface area (Å²) in [7, 11) is 1.55. The zero-order chi connectivity index (χ0) is 24.7. The minimum absolute atomic E-state index is 0.329. The number of fused-ring (bicyclic) bond motifs is 1. The first-order chi connectivity index (χ1) is 17.7. The highest BCUT2D eigenvalue weighted by Gasteiger charge is 2.72. The molecule has 6 nitrogen and oxygen atoms in total. The molecule has 2 aliphatic heterocycles. The molecule has 3 atom stereocenters. The number of nitrogens with zero attached hydrogens (tertiary/aromatic N) is 2. The molecule has 0 aliphatic carbocycles. The van der Waals surface area contributed by atoms with E-state index in [0.29, 0.717) is 11.4 Å². The van der Waals surface area contributed by atoms with E-state index in [-0.39, 0.29) is 5.91 Å². The minimum Gasteiger partial charge on any atom is -0.497 e. The van der Waals surface area contributed by atoms with Crippen molar-refractivity contribution in [2.75, 3.05) is 17.1 Å². The van der Waals surface area contributed by atoms with Crippen molar-refractivity contribution < 1.29 is 19.2 Å². The standard InChI is InChI=1S/C30H24N2O4/c1-35-25-19-11-18-24(20-25)31-28(33)27-30(29(31)34,22-14-7-3-8-15-22)26(21-12-5-2-6-13-21)32(36-27)23-16-9-4-10-17-23/h2-20,26-27H,1H3/t26-,27+,30-/m0/s1. The predicted molar refractivity (Wildman–Crippen MR) is 137 cm³/mol. The van der Waals surface area contributed by atoms with Gasteiger partial charge in [0, 0.05) is 6.07 Å². The van der Waals surface area contributed by atoms with Gasteiger partial charge >= 0.3 is 0 Å². The number of methoxy groups -OCH3 is 1. The van der Waals surface area contributed by atoms with Crippen molar-refractivity contribution >= 4 is 23.2 Å². The highest BCUT2D eigenvalue weighted by atomic mass is 16.7. The molecule has 6 heteroatoms. The normalized spacial score (nSPS) is 23.1. The van der Waals surface area contributed by atoms with Crippen LogP contribution in [0.4, 0.5) is 11.4 Å². The van der Waals surface area contributed by atoms with Gasteiger partial charge in [-0.25, -0.2) is 9.96 Å². The molecule has 0 N–H and O–H groups in total. The summed E-state index contributed by atoms with van der Waals surface area (Å²) < 4.78 is 5.37. The number of carbonyl (C=O) groups is 2. The molecule has 2 amide bonds. The van der Waals surface area contributed by atoms with Crippen LogP contribution in [0.3, 0.4) is 0 Å². The van der Waals surface area contributed by atoms with Crippen LogP contribution >= 0.6 is 0 Å². The molecule has 0 radical (unpaired) electrons. The molecule has 2 fully saturated rings. The van der Waals surface area contributed by atoms with Crippen LogP contribution in [0.1, 0.15) is 17.2 Å². The summed E-state index contributed by atoms with van der Waals surface area (Å²) in [6.45, 7) is 0. The van der Waals surface area contributed by atoms with Crippen molar-refractivity contribution in [1.29, 1.82) is 0 Å². The van der Waals surface area contributed by atoms with Crippen molar-refractivity contribution in [2.24, 2.45) is 0 Å². The van der Waals surface area contributed by atoms with E-state index in [2.05, 4.69) is 0 Å². The molecule has 2 heterocycles. The number of anilines is 2. The van der Waals surface area contributed by atoms with Crippen molar-refractivity contribution in [1.82, 2.24) is 0 Å². The number of hydroxylamine groups is 1. The van der Waals surface area contributed by atoms with E-state index < -0.39 is 23.5 Å². The number of ether oxygens (including phenoxy) is 1. The van der Waals surface area contributed by atoms with E-state index in [9.17, 15) is 9.59 Å². The van der Waals surface area contributed by atoms with Crippen LogP contribution in [0.15, 0.2) is 115 Å². The summed E-state index contributed by atoms with van der Waals surface area (Å²) in [4.78, 5) is 36.4. The summed E-state index contributed by atoms with van der Waals surface area (Å²) in [6, 6.07) is 35.2. The van der Waals surface area contributed by atoms with Gasteiger partial charge in [0.15, 0.2) is 6.10 Å². The van der Waals surface area contributed by atoms with E-state index >= 15 is 0 Å². The molecule has 6 rings (SSSR count). The first-order valence-electron chi connectivity index (χ1n) is 11.8. The Hall–Kier alpha value is -4.42. The number of hydrogen-bond acceptors (Lipinski definition) is 5. The van der Waals surface area contributed by atoms with E-state index in [4.69, 9.17) is 9.57 Å². The molecule has 4 aromatic carbocycles. The third-order valence-electron chi connectivity index (χ3n) is 6.99. The largest absolute Gasteiger partial charge is 0.497 e. The van der Waals surface area contributed by atoms with Gasteiger partial charge in [-0.2, -0.15) is 0 Å². The van der Waals surface area contributed by atoms with Crippen LogP contribution in [-0.2, 0) is 19.8 Å². The zero-order valence-corrected chi connectivity index (χ0v) is 19.7. The van der Waals surface area contributed by atoms with E-state index in [0.717, 1.165) is 16.8 Å². The predicted octanol–water partition coefficient (Wildman–Crippen LogP) is 5.07. The average molecular weight is 477 g/mol. The number of benzene rings is 4. The lowest BCUT2D eigenvalue weighted by atomic mass is 9.69. The summed E-state index contributed by atoms with van der Waals surface area (Å²) >= 11 is 0. The number of hydrogen-bond donors (Lipinski definition) is 0. The Bertz CT molecular complexity index is 1410. The molecule has 178 valence electrons. The van der Waals surface area contributed by atoms with Crippen LogP contribution in [0, 0.1) is 0 Å². The maximum atomic E-state index is 14.6. The smallest absolute Gasteiger partial charge is 0.267 e. The molecule has 0 bridgehead atoms. The van der Waals surface area contributed by atoms with Gasteiger partial charge in [-0.05, 0) is 35.4 Å². The highest BCUT2D eigenvalue weighted by Crippen LogP contribution is 2.57. The summed E-state index contributed by atoms with van der Waals surface area (Å²) in [5.41, 5.74) is 1.52. The second-order valence-electron chi connectivity index (χ2n) is 8.88. The fraction of sp³-hybridized carbons (Fsp3) is 0.133. The van der Waals surface area contributed by atoms with Gasteiger partial charge in [0.1, 0.15) is 17.2 Å². The van der Waals surface area contributed by atoms with Gasteiger partial charge < -0.3 is 4.74 Å². The summed E-state index contributed by atoms with van der Waals surface area (Å²) in [6.07, 6.45) is -1.05. The summed E-state index contributed by atoms with van der Waals surface area (Å²) in [5, 5.41) is 1.73. The minimum atomic E-state index is -1.31. The Morgan fingerprint density at radius 2 is 1.36 bits per heavy atom. The van der Waals surface area contributed by atoms with Crippen LogP contribution < -0.4 is 14.7 Å². The lowest BCUT2D eigenvalue weighted by Gasteiger charge is -2.35. The maximum Gasteiger partial charge on any atom is 0.267 e. The third-order valence-corrected chi connectivity index (χ3v) is 6.99. The molecule has 0 unspecified atom stereocenters. The van der Waals surface area contributed by atoms with Gasteiger partial charge in [-0.1, -0.05) is 84.9 Å². The summed E-state index contributed by atoms with van der Waals surface area (Å²) in [5.74, 6) is -0.175. The van der Waals surface area contributed by atoms with Crippen molar-refractivity contribution in [3.8, 4) is 5.75 Å². The SMILES string of the molecule is COc1cccc(N2C(=O)[C@H]3ON(c4ccccc4)[C@@H](c4ccccc4)[C@]3(c3ccccc3)C2=O)c1. The molecule has 4 aromatic rings. The van der Waals surface area contributed by atoms with Crippen molar-refractivity contribution in [3.63, 3.8) is 0 Å². The lowest BCUT2D eigenvalue weighted by Crippen LogP contribution is -2.46. The second kappa shape index (κ2) is 8.66. The number of amides is 2. The van der Waals surface area contributed by atoms with Gasteiger partial charge in [0.2, 0.25) is 5.91 Å². The Kier molecular flexibility index (Phi) is 5.31. The van der Waals surface area contributed by atoms with Gasteiger partial charge in [0.25, 0.3) is 5.91 Å². The molecule has 36 heavy (non-hydrogen) atoms. The molecular weight excluding hydrogens is 452 g/mol. The maximum absolute atomic E-state index is 14.6. The lowest BCUT2D eigenvalue weighted by molar-refractivity contribution is -0.126. The number of para-hydroxylation sites is 1. The Morgan fingerprint density at radius 3 is 2.03 bits per heavy atom. The topological polar surface area (TPSA) is 59.1 Å². The van der Waals surface area contributed by atoms with Crippen molar-refractivity contribution in [3.05, 3.63) is 126 Å². The fourth-order valence-corrected chi connectivity index (χ4v) is 5.42. The Labute approximate surface area is 209 Å². The van der Waals surface area contributed by atoms with E-state index in [1.165, 1.54) is 4.90 Å². The molecule has 2 saturated heterocycles. The van der Waals surface area contributed by atoms with Crippen LogP contribution in [0.2, 0.25) is 0 Å². The molecular formula is C30H24N2O4. The zero-order valence-electron chi connectivity index (χ0n) is 19.7. The average Bonchev–Trinajstić information content (AvgIpc) is 3.41. The Morgan fingerprint density at radius 1 is 0.750 bits per heavy atom. The van der Waals surface area contributed by atoms with Gasteiger partial charge in [-0.15, -0.1) is 0 Å². The van der Waals surface area contributed by atoms with Crippen LogP contribution in [0.5, 0.6) is 5.75 Å². The highest BCUT2D eigenvalue weighted by molar-refractivity contribution is 6.28. The monoisotopic (exact) mass is 476 g/mol. The fourth-order valence-electron chi connectivity index (χ4n) is 5.42. The molecule has 0 aromatic heterocycles. The number of imide groups is 1. The van der Waals surface area contributed by atoms with Gasteiger partial charge in [-0.3, -0.25) is 14.4 Å². The van der Waals surface area contributed by atoms with Crippen LogP contribution in [0.25, 0.3) is 0 Å². The first-order valence-corrected chi connectivity index (χ1v) is 11.8. The molecule has 2 aliphatic rings. The quantitative estimate of drug-likeness (QED) is 0.377. The first kappa shape index (κ1) is 22.1. The van der Waals surface area contributed by atoms with E-state index in [1.807, 2.05) is 91.0 Å². The Balaban J connectivity index is 1.60. The van der Waals surface area contributed by atoms with Crippen molar-refractivity contribution in [2.45, 2.75) is 17.6 Å². The molecule has 0 spiro atoms. The second-order valence-corrected chi connectivity index (χ2v) is 8.88. The number of rotatable bonds is 5. The van der Waals surface area contributed by atoms with Crippen LogP contribution in [-0.4, -0.2) is 25.0 Å². The number of carbonyl (C=O) groups excluding carboxylic acids is 2. The van der Waals surface area contributed by atoms with E-state index in [1.54, 1.807) is 36.4 Å². The third kappa shape index (κ3) is 3.15.